The first-order valence-corrected chi connectivity index (χ1v) is 12.5. The minimum Gasteiger partial charge on any atom is -0.256 e. The molecule has 0 fully saturated rings. The molecule has 1 aromatic heterocycles. The van der Waals surface area contributed by atoms with Crippen molar-refractivity contribution in [3.63, 3.8) is 0 Å². The van der Waals surface area contributed by atoms with Crippen LogP contribution < -0.4 is 0 Å². The summed E-state index contributed by atoms with van der Waals surface area (Å²) in [4.78, 5) is 9.96. The lowest BCUT2D eigenvalue weighted by molar-refractivity contribution is 1.14. The van der Waals surface area contributed by atoms with Gasteiger partial charge >= 0.3 is 0 Å². The monoisotopic (exact) mass is 466 g/mol. The smallest absolute Gasteiger partial charge is 0.0709 e. The first-order chi connectivity index (χ1) is 17.6. The van der Waals surface area contributed by atoms with E-state index in [1.54, 1.807) is 0 Å². The highest BCUT2D eigenvalue weighted by molar-refractivity contribution is 6.06. The Balaban J connectivity index is 1.62. The molecule has 5 rings (SSSR count). The quantitative estimate of drug-likeness (QED) is 0.229. The SMILES string of the molecule is CCc1ccccc1-c1cnc(-c2ccc(-c3ccccc3)cc2)cc1C(C)=Nc1ccccc1C. The molecule has 2 heteroatoms. The second-order valence-corrected chi connectivity index (χ2v) is 9.05. The highest BCUT2D eigenvalue weighted by Gasteiger charge is 2.14. The van der Waals surface area contributed by atoms with E-state index in [2.05, 4.69) is 118 Å². The number of rotatable bonds is 6. The predicted molar refractivity (Wildman–Crippen MR) is 153 cm³/mol. The molecule has 0 N–H and O–H groups in total. The predicted octanol–water partition coefficient (Wildman–Crippen LogP) is 9.09. The number of aromatic nitrogens is 1. The molecule has 0 spiro atoms. The Bertz CT molecular complexity index is 1510. The summed E-state index contributed by atoms with van der Waals surface area (Å²) >= 11 is 0. The van der Waals surface area contributed by atoms with Gasteiger partial charge in [0.05, 0.1) is 11.4 Å². The van der Waals surface area contributed by atoms with E-state index >= 15 is 0 Å². The number of hydrogen-bond acceptors (Lipinski definition) is 2. The number of aliphatic imine (C=N–C) groups is 1. The second kappa shape index (κ2) is 10.5. The van der Waals surface area contributed by atoms with E-state index in [0.29, 0.717) is 0 Å². The van der Waals surface area contributed by atoms with Crippen molar-refractivity contribution < 1.29 is 0 Å². The van der Waals surface area contributed by atoms with Gasteiger partial charge in [0, 0.05) is 28.6 Å². The maximum absolute atomic E-state index is 5.05. The van der Waals surface area contributed by atoms with E-state index < -0.39 is 0 Å². The molecule has 0 amide bonds. The summed E-state index contributed by atoms with van der Waals surface area (Å²) in [6, 6.07) is 38.1. The largest absolute Gasteiger partial charge is 0.256 e. The van der Waals surface area contributed by atoms with Crippen molar-refractivity contribution >= 4 is 11.4 Å². The Morgan fingerprint density at radius 1 is 0.694 bits per heavy atom. The van der Waals surface area contributed by atoms with Gasteiger partial charge in [-0.2, -0.15) is 0 Å². The van der Waals surface area contributed by atoms with Crippen LogP contribution in [-0.2, 0) is 6.42 Å². The number of pyridine rings is 1. The zero-order valence-corrected chi connectivity index (χ0v) is 21.1. The maximum atomic E-state index is 5.05. The minimum absolute atomic E-state index is 0.946. The fourth-order valence-corrected chi connectivity index (χ4v) is 4.61. The first kappa shape index (κ1) is 23.4. The Kier molecular flexibility index (Phi) is 6.86. The van der Waals surface area contributed by atoms with Crippen LogP contribution in [0.4, 0.5) is 5.69 Å². The molecule has 0 saturated carbocycles. The van der Waals surface area contributed by atoms with Gasteiger partial charge in [-0.05, 0) is 60.2 Å². The molecular formula is C34H30N2. The summed E-state index contributed by atoms with van der Waals surface area (Å²) < 4.78 is 0. The van der Waals surface area contributed by atoms with Gasteiger partial charge in [-0.25, -0.2) is 0 Å². The third-order valence-electron chi connectivity index (χ3n) is 6.67. The summed E-state index contributed by atoms with van der Waals surface area (Å²) in [5.41, 5.74) is 12.3. The molecule has 0 bridgehead atoms. The molecule has 4 aromatic carbocycles. The van der Waals surface area contributed by atoms with Gasteiger partial charge in [0.15, 0.2) is 0 Å². The van der Waals surface area contributed by atoms with Crippen molar-refractivity contribution in [3.05, 3.63) is 132 Å². The molecule has 0 aliphatic rings. The van der Waals surface area contributed by atoms with Crippen molar-refractivity contribution in [1.82, 2.24) is 4.98 Å². The van der Waals surface area contributed by atoms with E-state index in [1.807, 2.05) is 18.3 Å². The number of nitrogens with zero attached hydrogens (tertiary/aromatic N) is 2. The average molecular weight is 467 g/mol. The van der Waals surface area contributed by atoms with Crippen molar-refractivity contribution in [3.8, 4) is 33.5 Å². The van der Waals surface area contributed by atoms with E-state index in [1.165, 1.54) is 22.3 Å². The molecule has 2 nitrogen and oxygen atoms in total. The standard InChI is InChI=1S/C34H30N2/c1-4-26-13-9-10-16-30(26)32-23-35-34(22-31(32)25(3)36-33-17-11-8-12-24(33)2)29-20-18-28(19-21-29)27-14-6-5-7-15-27/h5-23H,4H2,1-3H3. The Labute approximate surface area is 214 Å². The van der Waals surface area contributed by atoms with Crippen LogP contribution in [0.25, 0.3) is 33.5 Å². The topological polar surface area (TPSA) is 25.2 Å². The zero-order valence-electron chi connectivity index (χ0n) is 21.1. The van der Waals surface area contributed by atoms with Crippen LogP contribution >= 0.6 is 0 Å². The Morgan fingerprint density at radius 3 is 2.08 bits per heavy atom. The molecule has 0 saturated heterocycles. The van der Waals surface area contributed by atoms with Gasteiger partial charge in [-0.15, -0.1) is 0 Å². The van der Waals surface area contributed by atoms with Crippen molar-refractivity contribution in [1.29, 1.82) is 0 Å². The Morgan fingerprint density at radius 2 is 1.33 bits per heavy atom. The van der Waals surface area contributed by atoms with Gasteiger partial charge in [-0.3, -0.25) is 9.98 Å². The van der Waals surface area contributed by atoms with Gasteiger partial charge in [0.1, 0.15) is 0 Å². The van der Waals surface area contributed by atoms with Crippen LogP contribution in [-0.4, -0.2) is 10.7 Å². The minimum atomic E-state index is 0.946. The van der Waals surface area contributed by atoms with Crippen molar-refractivity contribution in [2.24, 2.45) is 4.99 Å². The van der Waals surface area contributed by atoms with Gasteiger partial charge in [-0.1, -0.05) is 104 Å². The summed E-state index contributed by atoms with van der Waals surface area (Å²) in [7, 11) is 0. The number of aryl methyl sites for hydroxylation is 2. The van der Waals surface area contributed by atoms with E-state index in [9.17, 15) is 0 Å². The van der Waals surface area contributed by atoms with Crippen LogP contribution in [0.5, 0.6) is 0 Å². The van der Waals surface area contributed by atoms with Gasteiger partial charge < -0.3 is 0 Å². The third kappa shape index (κ3) is 4.89. The molecule has 1 heterocycles. The first-order valence-electron chi connectivity index (χ1n) is 12.5. The molecule has 5 aromatic rings. The molecular weight excluding hydrogens is 436 g/mol. The molecule has 176 valence electrons. The fraction of sp³-hybridized carbons (Fsp3) is 0.118. The summed E-state index contributed by atoms with van der Waals surface area (Å²) in [6.07, 6.45) is 2.98. The Hall–Kier alpha value is -4.30. The van der Waals surface area contributed by atoms with E-state index in [-0.39, 0.29) is 0 Å². The van der Waals surface area contributed by atoms with Gasteiger partial charge in [0.2, 0.25) is 0 Å². The van der Waals surface area contributed by atoms with Crippen LogP contribution in [0.3, 0.4) is 0 Å². The molecule has 0 unspecified atom stereocenters. The van der Waals surface area contributed by atoms with Crippen molar-refractivity contribution in [2.45, 2.75) is 27.2 Å². The molecule has 0 aliphatic heterocycles. The van der Waals surface area contributed by atoms with Crippen molar-refractivity contribution in [2.75, 3.05) is 0 Å². The molecule has 36 heavy (non-hydrogen) atoms. The van der Waals surface area contributed by atoms with Crippen LogP contribution in [0.1, 0.15) is 30.5 Å². The van der Waals surface area contributed by atoms with Gasteiger partial charge in [0.25, 0.3) is 0 Å². The lowest BCUT2D eigenvalue weighted by Gasteiger charge is -2.15. The fourth-order valence-electron chi connectivity index (χ4n) is 4.61. The lowest BCUT2D eigenvalue weighted by atomic mass is 9.92. The summed E-state index contributed by atoms with van der Waals surface area (Å²) in [5, 5.41) is 0. The zero-order chi connectivity index (χ0) is 24.9. The molecule has 0 radical (unpaired) electrons. The number of hydrogen-bond donors (Lipinski definition) is 0. The van der Waals surface area contributed by atoms with E-state index in [0.717, 1.165) is 45.8 Å². The molecule has 0 aliphatic carbocycles. The van der Waals surface area contributed by atoms with Crippen LogP contribution in [0.2, 0.25) is 0 Å². The maximum Gasteiger partial charge on any atom is 0.0709 e. The highest BCUT2D eigenvalue weighted by atomic mass is 14.8. The van der Waals surface area contributed by atoms with E-state index in [4.69, 9.17) is 9.98 Å². The lowest BCUT2D eigenvalue weighted by Crippen LogP contribution is -2.02. The number of benzene rings is 4. The van der Waals surface area contributed by atoms with Crippen LogP contribution in [0, 0.1) is 6.92 Å². The third-order valence-corrected chi connectivity index (χ3v) is 6.67. The average Bonchev–Trinajstić information content (AvgIpc) is 2.94. The molecule has 0 atom stereocenters. The highest BCUT2D eigenvalue weighted by Crippen LogP contribution is 2.32. The number of para-hydroxylation sites is 1. The summed E-state index contributed by atoms with van der Waals surface area (Å²) in [6.45, 7) is 6.40. The normalized spacial score (nSPS) is 11.5. The van der Waals surface area contributed by atoms with Crippen LogP contribution in [0.15, 0.2) is 120 Å². The second-order valence-electron chi connectivity index (χ2n) is 9.05. The summed E-state index contributed by atoms with van der Waals surface area (Å²) in [5.74, 6) is 0.